The fourth-order valence-corrected chi connectivity index (χ4v) is 1.79. The first-order valence-electron chi connectivity index (χ1n) is 6.03. The number of rotatable bonds is 4. The van der Waals surface area contributed by atoms with Crippen molar-refractivity contribution in [3.05, 3.63) is 47.7 Å². The molecule has 0 radical (unpaired) electrons. The van der Waals surface area contributed by atoms with Gasteiger partial charge in [0.2, 0.25) is 0 Å². The molecule has 2 rings (SSSR count). The average Bonchev–Trinajstić information content (AvgIpc) is 2.41. The van der Waals surface area contributed by atoms with E-state index in [0.717, 1.165) is 17.7 Å². The van der Waals surface area contributed by atoms with Gasteiger partial charge in [-0.05, 0) is 30.2 Å². The molecule has 1 heterocycles. The van der Waals surface area contributed by atoms with Gasteiger partial charge in [0.05, 0.1) is 5.69 Å². The van der Waals surface area contributed by atoms with Gasteiger partial charge in [0.25, 0.3) is 5.91 Å². The number of carbonyl (C=O) groups excluding carboxylic acids is 1. The fraction of sp³-hybridized carbons (Fsp3) is 0.143. The number of primary amides is 1. The third kappa shape index (κ3) is 2.82. The zero-order valence-corrected chi connectivity index (χ0v) is 10.7. The minimum Gasteiger partial charge on any atom is -0.396 e. The molecule has 0 bridgehead atoms. The van der Waals surface area contributed by atoms with Crippen molar-refractivity contribution in [3.63, 3.8) is 0 Å². The molecule has 2 aromatic rings. The number of hydrogen-bond donors (Lipinski definition) is 3. The summed E-state index contributed by atoms with van der Waals surface area (Å²) in [6.07, 6.45) is 0.887. The molecule has 0 aliphatic carbocycles. The highest BCUT2D eigenvalue weighted by molar-refractivity contribution is 5.92. The van der Waals surface area contributed by atoms with E-state index in [1.807, 2.05) is 24.3 Å². The van der Waals surface area contributed by atoms with Crippen molar-refractivity contribution < 1.29 is 4.79 Å². The number of para-hydroxylation sites is 1. The van der Waals surface area contributed by atoms with Crippen LogP contribution in [0.1, 0.15) is 23.0 Å². The monoisotopic (exact) mass is 256 g/mol. The number of amides is 1. The summed E-state index contributed by atoms with van der Waals surface area (Å²) >= 11 is 0. The quantitative estimate of drug-likeness (QED) is 0.780. The van der Waals surface area contributed by atoms with Crippen molar-refractivity contribution in [2.24, 2.45) is 5.73 Å². The second-order valence-corrected chi connectivity index (χ2v) is 4.13. The van der Waals surface area contributed by atoms with Crippen molar-refractivity contribution in [2.75, 3.05) is 11.1 Å². The van der Waals surface area contributed by atoms with Crippen molar-refractivity contribution >= 4 is 23.1 Å². The van der Waals surface area contributed by atoms with Gasteiger partial charge in [-0.15, -0.1) is 0 Å². The molecule has 0 saturated carbocycles. The maximum atomic E-state index is 11.1. The van der Waals surface area contributed by atoms with Crippen LogP contribution in [0.25, 0.3) is 0 Å². The van der Waals surface area contributed by atoms with Crippen LogP contribution in [0.4, 0.5) is 17.2 Å². The zero-order chi connectivity index (χ0) is 13.8. The number of benzene rings is 1. The molecule has 0 saturated heterocycles. The molecule has 0 aliphatic rings. The van der Waals surface area contributed by atoms with E-state index in [-0.39, 0.29) is 5.69 Å². The smallest absolute Gasteiger partial charge is 0.267 e. The molecular formula is C14H16N4O. The average molecular weight is 256 g/mol. The maximum absolute atomic E-state index is 11.1. The predicted molar refractivity (Wildman–Crippen MR) is 76.3 cm³/mol. The number of nitrogens with two attached hydrogens (primary N) is 2. The molecule has 1 aromatic heterocycles. The van der Waals surface area contributed by atoms with E-state index < -0.39 is 5.91 Å². The molecular weight excluding hydrogens is 240 g/mol. The molecule has 5 nitrogen and oxygen atoms in total. The number of nitrogens with one attached hydrogen (secondary N) is 1. The van der Waals surface area contributed by atoms with Crippen LogP contribution in [0.2, 0.25) is 0 Å². The third-order valence-electron chi connectivity index (χ3n) is 2.83. The van der Waals surface area contributed by atoms with Gasteiger partial charge >= 0.3 is 0 Å². The third-order valence-corrected chi connectivity index (χ3v) is 2.83. The van der Waals surface area contributed by atoms with Crippen LogP contribution in [0, 0.1) is 0 Å². The normalized spacial score (nSPS) is 10.2. The number of nitrogens with zero attached hydrogens (tertiary/aromatic N) is 1. The lowest BCUT2D eigenvalue weighted by Gasteiger charge is -2.12. The Labute approximate surface area is 111 Å². The summed E-state index contributed by atoms with van der Waals surface area (Å²) in [6, 6.07) is 11.0. The minimum atomic E-state index is -0.577. The number of pyridine rings is 1. The van der Waals surface area contributed by atoms with Crippen LogP contribution in [0.5, 0.6) is 0 Å². The van der Waals surface area contributed by atoms with Crippen LogP contribution in [0.3, 0.4) is 0 Å². The number of anilines is 3. The first-order chi connectivity index (χ1) is 9.11. The Bertz CT molecular complexity index is 610. The Kier molecular flexibility index (Phi) is 3.66. The molecule has 0 unspecified atom stereocenters. The van der Waals surface area contributed by atoms with E-state index in [2.05, 4.69) is 17.2 Å². The molecule has 19 heavy (non-hydrogen) atoms. The molecule has 1 aromatic carbocycles. The van der Waals surface area contributed by atoms with E-state index >= 15 is 0 Å². The molecule has 0 fully saturated rings. The van der Waals surface area contributed by atoms with Gasteiger partial charge in [0, 0.05) is 5.69 Å². The van der Waals surface area contributed by atoms with Gasteiger partial charge in [-0.25, -0.2) is 4.98 Å². The number of nitrogen functional groups attached to an aromatic ring is 1. The van der Waals surface area contributed by atoms with Gasteiger partial charge < -0.3 is 16.8 Å². The van der Waals surface area contributed by atoms with E-state index in [4.69, 9.17) is 11.5 Å². The van der Waals surface area contributed by atoms with Crippen LogP contribution >= 0.6 is 0 Å². The number of aromatic nitrogens is 1. The lowest BCUT2D eigenvalue weighted by atomic mass is 10.1. The first-order valence-corrected chi connectivity index (χ1v) is 6.03. The topological polar surface area (TPSA) is 94.0 Å². The molecule has 1 amide bonds. The lowest BCUT2D eigenvalue weighted by Crippen LogP contribution is -2.14. The second kappa shape index (κ2) is 5.39. The molecule has 0 aliphatic heterocycles. The van der Waals surface area contributed by atoms with E-state index in [1.165, 1.54) is 6.07 Å². The van der Waals surface area contributed by atoms with Gasteiger partial charge in [-0.3, -0.25) is 4.79 Å². The Morgan fingerprint density at radius 2 is 2.00 bits per heavy atom. The Morgan fingerprint density at radius 1 is 1.26 bits per heavy atom. The van der Waals surface area contributed by atoms with Crippen molar-refractivity contribution in [1.82, 2.24) is 4.98 Å². The fourth-order valence-electron chi connectivity index (χ4n) is 1.79. The Balaban J connectivity index is 2.37. The second-order valence-electron chi connectivity index (χ2n) is 4.13. The highest BCUT2D eigenvalue weighted by Crippen LogP contribution is 2.24. The summed E-state index contributed by atoms with van der Waals surface area (Å²) in [6.45, 7) is 2.07. The van der Waals surface area contributed by atoms with Crippen LogP contribution in [0.15, 0.2) is 36.4 Å². The summed E-state index contributed by atoms with van der Waals surface area (Å²) in [4.78, 5) is 15.3. The molecule has 0 spiro atoms. The summed E-state index contributed by atoms with van der Waals surface area (Å²) in [5, 5.41) is 3.14. The van der Waals surface area contributed by atoms with Crippen molar-refractivity contribution in [2.45, 2.75) is 13.3 Å². The Hall–Kier alpha value is -2.56. The van der Waals surface area contributed by atoms with E-state index in [1.54, 1.807) is 6.07 Å². The van der Waals surface area contributed by atoms with Crippen molar-refractivity contribution in [1.29, 1.82) is 0 Å². The number of carbonyl (C=O) groups is 1. The van der Waals surface area contributed by atoms with Crippen LogP contribution < -0.4 is 16.8 Å². The van der Waals surface area contributed by atoms with Gasteiger partial charge in [0.15, 0.2) is 5.82 Å². The van der Waals surface area contributed by atoms with Gasteiger partial charge in [0.1, 0.15) is 5.69 Å². The molecule has 0 atom stereocenters. The van der Waals surface area contributed by atoms with Crippen LogP contribution in [-0.2, 0) is 6.42 Å². The summed E-state index contributed by atoms with van der Waals surface area (Å²) < 4.78 is 0. The summed E-state index contributed by atoms with van der Waals surface area (Å²) in [5.41, 5.74) is 13.8. The lowest BCUT2D eigenvalue weighted by molar-refractivity contribution is 0.0996. The van der Waals surface area contributed by atoms with Gasteiger partial charge in [-0.1, -0.05) is 25.1 Å². The zero-order valence-electron chi connectivity index (χ0n) is 10.7. The maximum Gasteiger partial charge on any atom is 0.267 e. The standard InChI is InChI=1S/C14H16N4O/c1-2-9-5-3-4-6-11(9)17-14-10(15)7-8-12(18-14)13(16)19/h3-8H,2,15H2,1H3,(H2,16,19)(H,17,18). The first kappa shape index (κ1) is 12.9. The summed E-state index contributed by atoms with van der Waals surface area (Å²) in [7, 11) is 0. The highest BCUT2D eigenvalue weighted by Gasteiger charge is 2.08. The number of hydrogen-bond acceptors (Lipinski definition) is 4. The molecule has 98 valence electrons. The SMILES string of the molecule is CCc1ccccc1Nc1nc(C(N)=O)ccc1N. The van der Waals surface area contributed by atoms with Crippen molar-refractivity contribution in [3.8, 4) is 0 Å². The molecule has 5 N–H and O–H groups in total. The van der Waals surface area contributed by atoms with E-state index in [0.29, 0.717) is 11.5 Å². The predicted octanol–water partition coefficient (Wildman–Crippen LogP) is 2.07. The largest absolute Gasteiger partial charge is 0.396 e. The minimum absolute atomic E-state index is 0.186. The van der Waals surface area contributed by atoms with Gasteiger partial charge in [-0.2, -0.15) is 0 Å². The van der Waals surface area contributed by atoms with E-state index in [9.17, 15) is 4.79 Å². The number of aryl methyl sites for hydroxylation is 1. The molecule has 5 heteroatoms. The van der Waals surface area contributed by atoms with Crippen LogP contribution in [-0.4, -0.2) is 10.9 Å². The summed E-state index contributed by atoms with van der Waals surface area (Å²) in [5.74, 6) is -0.135. The Morgan fingerprint density at radius 3 is 2.68 bits per heavy atom. The highest BCUT2D eigenvalue weighted by atomic mass is 16.1.